The number of oxazole rings is 1. The molecule has 2 rings (SSSR count). The molecule has 2 heterocycles. The lowest BCUT2D eigenvalue weighted by atomic mass is 9.91. The Labute approximate surface area is 127 Å². The van der Waals surface area contributed by atoms with Crippen LogP contribution < -0.4 is 0 Å². The van der Waals surface area contributed by atoms with Gasteiger partial charge in [-0.2, -0.15) is 0 Å². The van der Waals surface area contributed by atoms with E-state index in [0.29, 0.717) is 24.1 Å². The van der Waals surface area contributed by atoms with Crippen molar-refractivity contribution in [2.75, 3.05) is 13.1 Å². The standard InChI is InChI=1S/C17H28N2O2/c1-11-7-12(2)10-19(9-11)15(20)8-14-13(3)18-16(21-14)17(4,5)6/h11-12H,7-10H2,1-6H3. The van der Waals surface area contributed by atoms with Crippen LogP contribution in [0, 0.1) is 18.8 Å². The second-order valence-electron chi connectivity index (χ2n) is 7.70. The second kappa shape index (κ2) is 5.82. The van der Waals surface area contributed by atoms with E-state index in [1.54, 1.807) is 0 Å². The average Bonchev–Trinajstić information content (AvgIpc) is 2.69. The average molecular weight is 292 g/mol. The highest BCUT2D eigenvalue weighted by molar-refractivity contribution is 5.78. The van der Waals surface area contributed by atoms with Crippen molar-refractivity contribution in [3.63, 3.8) is 0 Å². The zero-order chi connectivity index (χ0) is 15.8. The van der Waals surface area contributed by atoms with Crippen molar-refractivity contribution in [3.05, 3.63) is 17.3 Å². The zero-order valence-corrected chi connectivity index (χ0v) is 14.2. The van der Waals surface area contributed by atoms with E-state index in [-0.39, 0.29) is 11.3 Å². The Hall–Kier alpha value is -1.32. The number of nitrogens with zero attached hydrogens (tertiary/aromatic N) is 2. The molecule has 1 saturated heterocycles. The minimum absolute atomic E-state index is 0.125. The number of aryl methyl sites for hydroxylation is 1. The highest BCUT2D eigenvalue weighted by atomic mass is 16.4. The molecule has 0 saturated carbocycles. The van der Waals surface area contributed by atoms with Crippen LogP contribution in [0.4, 0.5) is 0 Å². The molecule has 4 heteroatoms. The molecule has 0 spiro atoms. The van der Waals surface area contributed by atoms with Gasteiger partial charge in [-0.3, -0.25) is 4.79 Å². The highest BCUT2D eigenvalue weighted by Gasteiger charge is 2.28. The first kappa shape index (κ1) is 16.1. The molecule has 118 valence electrons. The Kier molecular flexibility index (Phi) is 4.45. The van der Waals surface area contributed by atoms with Crippen LogP contribution in [-0.4, -0.2) is 28.9 Å². The molecular weight excluding hydrogens is 264 g/mol. The van der Waals surface area contributed by atoms with Gasteiger partial charge in [-0.25, -0.2) is 4.98 Å². The maximum Gasteiger partial charge on any atom is 0.230 e. The molecule has 0 bridgehead atoms. The molecule has 1 aliphatic rings. The third-order valence-electron chi connectivity index (χ3n) is 4.07. The van der Waals surface area contributed by atoms with Crippen LogP contribution in [0.2, 0.25) is 0 Å². The first-order valence-corrected chi connectivity index (χ1v) is 7.91. The molecule has 2 unspecified atom stereocenters. The lowest BCUT2D eigenvalue weighted by Crippen LogP contribution is -2.43. The SMILES string of the molecule is Cc1nc(C(C)(C)C)oc1CC(=O)N1CC(C)CC(C)C1. The molecule has 1 fully saturated rings. The van der Waals surface area contributed by atoms with E-state index in [0.717, 1.165) is 24.5 Å². The van der Waals surface area contributed by atoms with Gasteiger partial charge in [-0.1, -0.05) is 34.6 Å². The third kappa shape index (κ3) is 3.86. The van der Waals surface area contributed by atoms with Gasteiger partial charge in [-0.15, -0.1) is 0 Å². The topological polar surface area (TPSA) is 46.3 Å². The summed E-state index contributed by atoms with van der Waals surface area (Å²) >= 11 is 0. The zero-order valence-electron chi connectivity index (χ0n) is 14.2. The number of rotatable bonds is 2. The van der Waals surface area contributed by atoms with Gasteiger partial charge in [0.1, 0.15) is 5.76 Å². The number of carbonyl (C=O) groups excluding carboxylic acids is 1. The van der Waals surface area contributed by atoms with E-state index in [9.17, 15) is 4.79 Å². The van der Waals surface area contributed by atoms with Crippen LogP contribution in [0.5, 0.6) is 0 Å². The quantitative estimate of drug-likeness (QED) is 0.840. The number of amides is 1. The Morgan fingerprint density at radius 3 is 2.33 bits per heavy atom. The van der Waals surface area contributed by atoms with E-state index >= 15 is 0 Å². The van der Waals surface area contributed by atoms with Crippen LogP contribution in [0.25, 0.3) is 0 Å². The number of aromatic nitrogens is 1. The Bertz CT molecular complexity index is 503. The molecule has 4 nitrogen and oxygen atoms in total. The van der Waals surface area contributed by atoms with E-state index < -0.39 is 0 Å². The molecule has 0 aliphatic carbocycles. The number of piperidine rings is 1. The Morgan fingerprint density at radius 2 is 1.86 bits per heavy atom. The third-order valence-corrected chi connectivity index (χ3v) is 4.07. The largest absolute Gasteiger partial charge is 0.444 e. The maximum absolute atomic E-state index is 12.5. The Morgan fingerprint density at radius 1 is 1.29 bits per heavy atom. The molecule has 1 aliphatic heterocycles. The molecule has 0 N–H and O–H groups in total. The van der Waals surface area contributed by atoms with E-state index in [1.165, 1.54) is 6.42 Å². The van der Waals surface area contributed by atoms with Gasteiger partial charge < -0.3 is 9.32 Å². The van der Waals surface area contributed by atoms with Crippen molar-refractivity contribution < 1.29 is 9.21 Å². The molecule has 0 radical (unpaired) electrons. The van der Waals surface area contributed by atoms with Gasteiger partial charge in [0, 0.05) is 18.5 Å². The van der Waals surface area contributed by atoms with Crippen LogP contribution in [0.15, 0.2) is 4.42 Å². The number of carbonyl (C=O) groups is 1. The van der Waals surface area contributed by atoms with E-state index in [2.05, 4.69) is 39.6 Å². The predicted molar refractivity (Wildman–Crippen MR) is 83.2 cm³/mol. The molecule has 1 aromatic heterocycles. The Balaban J connectivity index is 2.07. The van der Waals surface area contributed by atoms with Crippen LogP contribution >= 0.6 is 0 Å². The number of hydrogen-bond acceptors (Lipinski definition) is 3. The van der Waals surface area contributed by atoms with Gasteiger partial charge in [0.05, 0.1) is 12.1 Å². The second-order valence-corrected chi connectivity index (χ2v) is 7.70. The van der Waals surface area contributed by atoms with Crippen molar-refractivity contribution in [1.29, 1.82) is 0 Å². The fourth-order valence-electron chi connectivity index (χ4n) is 3.03. The summed E-state index contributed by atoms with van der Waals surface area (Å²) in [7, 11) is 0. The summed E-state index contributed by atoms with van der Waals surface area (Å²) in [5.41, 5.74) is 0.714. The molecule has 1 aromatic rings. The lowest BCUT2D eigenvalue weighted by Gasteiger charge is -2.34. The summed E-state index contributed by atoms with van der Waals surface area (Å²) in [5.74, 6) is 2.75. The summed E-state index contributed by atoms with van der Waals surface area (Å²) in [6.45, 7) is 14.3. The molecule has 1 amide bonds. The van der Waals surface area contributed by atoms with Gasteiger partial charge >= 0.3 is 0 Å². The fourth-order valence-corrected chi connectivity index (χ4v) is 3.03. The summed E-state index contributed by atoms with van der Waals surface area (Å²) in [5, 5.41) is 0. The minimum Gasteiger partial charge on any atom is -0.444 e. The molecule has 0 aromatic carbocycles. The monoisotopic (exact) mass is 292 g/mol. The van der Waals surface area contributed by atoms with Crippen molar-refractivity contribution in [2.24, 2.45) is 11.8 Å². The van der Waals surface area contributed by atoms with Crippen LogP contribution in [0.3, 0.4) is 0 Å². The summed E-state index contributed by atoms with van der Waals surface area (Å²) in [4.78, 5) is 19.0. The van der Waals surface area contributed by atoms with E-state index in [4.69, 9.17) is 4.42 Å². The predicted octanol–water partition coefficient (Wildman–Crippen LogP) is 3.33. The van der Waals surface area contributed by atoms with E-state index in [1.807, 2.05) is 11.8 Å². The van der Waals surface area contributed by atoms with Crippen molar-refractivity contribution >= 4 is 5.91 Å². The van der Waals surface area contributed by atoms with Gasteiger partial charge in [-0.05, 0) is 25.2 Å². The summed E-state index contributed by atoms with van der Waals surface area (Å²) in [6, 6.07) is 0. The summed E-state index contributed by atoms with van der Waals surface area (Å²) < 4.78 is 5.84. The minimum atomic E-state index is -0.125. The fraction of sp³-hybridized carbons (Fsp3) is 0.765. The van der Waals surface area contributed by atoms with Gasteiger partial charge in [0.2, 0.25) is 5.91 Å². The summed E-state index contributed by atoms with van der Waals surface area (Å²) in [6.07, 6.45) is 1.54. The first-order chi connectivity index (χ1) is 9.66. The maximum atomic E-state index is 12.5. The van der Waals surface area contributed by atoms with Gasteiger partial charge in [0.25, 0.3) is 0 Å². The smallest absolute Gasteiger partial charge is 0.230 e. The molecule has 2 atom stereocenters. The molecule has 21 heavy (non-hydrogen) atoms. The van der Waals surface area contributed by atoms with Crippen LogP contribution in [-0.2, 0) is 16.6 Å². The molecular formula is C17H28N2O2. The normalized spacial score (nSPS) is 23.4. The number of hydrogen-bond donors (Lipinski definition) is 0. The van der Waals surface area contributed by atoms with Crippen molar-refractivity contribution in [3.8, 4) is 0 Å². The van der Waals surface area contributed by atoms with Crippen molar-refractivity contribution in [1.82, 2.24) is 9.88 Å². The lowest BCUT2D eigenvalue weighted by molar-refractivity contribution is -0.133. The van der Waals surface area contributed by atoms with Crippen molar-refractivity contribution in [2.45, 2.75) is 59.8 Å². The number of likely N-dealkylation sites (tertiary alicyclic amines) is 1. The van der Waals surface area contributed by atoms with Gasteiger partial charge in [0.15, 0.2) is 5.89 Å². The van der Waals surface area contributed by atoms with Crippen LogP contribution in [0.1, 0.15) is 58.4 Å². The first-order valence-electron chi connectivity index (χ1n) is 7.91. The highest BCUT2D eigenvalue weighted by Crippen LogP contribution is 2.25.